The first-order valence-electron chi connectivity index (χ1n) is 9.99. The Kier molecular flexibility index (Phi) is 12.6. The molecule has 0 aliphatic carbocycles. The van der Waals surface area contributed by atoms with E-state index in [2.05, 4.69) is 54.0 Å². The fourth-order valence-corrected chi connectivity index (χ4v) is 3.00. The van der Waals surface area contributed by atoms with Crippen LogP contribution in [0.1, 0.15) is 90.4 Å². The van der Waals surface area contributed by atoms with Gasteiger partial charge in [0, 0.05) is 0 Å². The lowest BCUT2D eigenvalue weighted by molar-refractivity contribution is -0.671. The lowest BCUT2D eigenvalue weighted by atomic mass is 10.1. The normalized spacial score (nSPS) is 11.6. The van der Waals surface area contributed by atoms with Gasteiger partial charge in [0.1, 0.15) is 12.4 Å². The summed E-state index contributed by atoms with van der Waals surface area (Å²) in [5, 5.41) is 0. The molecule has 2 nitrogen and oxygen atoms in total. The highest BCUT2D eigenvalue weighted by molar-refractivity contribution is 4.81. The molecule has 1 heterocycles. The smallest absolute Gasteiger partial charge is 0.240 e. The molecule has 0 unspecified atom stereocenters. The molecule has 132 valence electrons. The Hall–Kier alpha value is -1.05. The van der Waals surface area contributed by atoms with Crippen molar-refractivity contribution in [2.45, 2.75) is 96.9 Å². The maximum absolute atomic E-state index is 2.41. The van der Waals surface area contributed by atoms with Crippen LogP contribution < -0.4 is 4.57 Å². The second-order valence-electron chi connectivity index (χ2n) is 6.90. The predicted molar refractivity (Wildman–Crippen MR) is 100 cm³/mol. The molecule has 0 fully saturated rings. The van der Waals surface area contributed by atoms with Crippen LogP contribution in [-0.4, -0.2) is 4.57 Å². The topological polar surface area (TPSA) is 8.81 Å². The maximum Gasteiger partial charge on any atom is 0.243 e. The average molecular weight is 320 g/mol. The number of rotatable bonds is 15. The van der Waals surface area contributed by atoms with Crippen molar-refractivity contribution in [3.8, 4) is 0 Å². The van der Waals surface area contributed by atoms with Gasteiger partial charge in [-0.15, -0.1) is 0 Å². The molecule has 0 aliphatic rings. The Morgan fingerprint density at radius 2 is 1.35 bits per heavy atom. The summed E-state index contributed by atoms with van der Waals surface area (Å²) in [6, 6.07) is 0. The van der Waals surface area contributed by atoms with Crippen LogP contribution in [0.15, 0.2) is 30.9 Å². The van der Waals surface area contributed by atoms with E-state index < -0.39 is 0 Å². The van der Waals surface area contributed by atoms with E-state index in [9.17, 15) is 0 Å². The first-order chi connectivity index (χ1) is 11.3. The Bertz CT molecular complexity index is 392. The number of aromatic nitrogens is 2. The van der Waals surface area contributed by atoms with E-state index in [4.69, 9.17) is 0 Å². The summed E-state index contributed by atoms with van der Waals surface area (Å²) in [5.41, 5.74) is 0. The van der Waals surface area contributed by atoms with Crippen LogP contribution in [0.5, 0.6) is 0 Å². The van der Waals surface area contributed by atoms with Crippen LogP contribution in [0.2, 0.25) is 0 Å². The van der Waals surface area contributed by atoms with Crippen molar-refractivity contribution in [1.29, 1.82) is 0 Å². The van der Waals surface area contributed by atoms with E-state index in [1.807, 2.05) is 0 Å². The third kappa shape index (κ3) is 12.1. The fraction of sp³-hybridized carbons (Fsp3) is 0.762. The van der Waals surface area contributed by atoms with Crippen molar-refractivity contribution < 1.29 is 4.57 Å². The van der Waals surface area contributed by atoms with Crippen molar-refractivity contribution in [3.05, 3.63) is 30.9 Å². The quantitative estimate of drug-likeness (QED) is 0.214. The highest BCUT2D eigenvalue weighted by Crippen LogP contribution is 2.09. The van der Waals surface area contributed by atoms with Gasteiger partial charge in [-0.2, -0.15) is 0 Å². The summed E-state index contributed by atoms with van der Waals surface area (Å²) in [4.78, 5) is 0. The monoisotopic (exact) mass is 319 g/mol. The SMILES string of the molecule is CCCCCCCC=CCCCCCCCCn1cc[n+](C)c1. The average Bonchev–Trinajstić information content (AvgIpc) is 2.96. The van der Waals surface area contributed by atoms with Crippen LogP contribution in [0.3, 0.4) is 0 Å². The molecule has 0 bridgehead atoms. The Labute approximate surface area is 144 Å². The van der Waals surface area contributed by atoms with Crippen molar-refractivity contribution in [1.82, 2.24) is 4.57 Å². The second-order valence-corrected chi connectivity index (χ2v) is 6.90. The highest BCUT2D eigenvalue weighted by atomic mass is 15.1. The van der Waals surface area contributed by atoms with E-state index in [1.54, 1.807) is 0 Å². The number of allylic oxidation sites excluding steroid dienone is 2. The van der Waals surface area contributed by atoms with Gasteiger partial charge in [-0.25, -0.2) is 9.13 Å². The number of aryl methyl sites for hydroxylation is 2. The van der Waals surface area contributed by atoms with Crippen molar-refractivity contribution >= 4 is 0 Å². The maximum atomic E-state index is 2.41. The van der Waals surface area contributed by atoms with Gasteiger partial charge in [-0.3, -0.25) is 0 Å². The van der Waals surface area contributed by atoms with Gasteiger partial charge in [0.25, 0.3) is 0 Å². The summed E-state index contributed by atoms with van der Waals surface area (Å²) in [7, 11) is 2.08. The van der Waals surface area contributed by atoms with E-state index in [1.165, 1.54) is 90.0 Å². The molecular weight excluding hydrogens is 280 g/mol. The minimum atomic E-state index is 1.17. The molecule has 0 atom stereocenters. The molecule has 1 rings (SSSR count). The number of hydrogen-bond donors (Lipinski definition) is 0. The van der Waals surface area contributed by atoms with Gasteiger partial charge in [0.05, 0.1) is 13.6 Å². The van der Waals surface area contributed by atoms with Crippen molar-refractivity contribution in [2.75, 3.05) is 0 Å². The van der Waals surface area contributed by atoms with Gasteiger partial charge < -0.3 is 0 Å². The van der Waals surface area contributed by atoms with Crippen LogP contribution in [0.25, 0.3) is 0 Å². The molecule has 1 aromatic rings. The lowest BCUT2D eigenvalue weighted by Gasteiger charge is -2.00. The molecule has 0 radical (unpaired) electrons. The summed E-state index contributed by atoms with van der Waals surface area (Å²) in [5.74, 6) is 0. The number of hydrogen-bond acceptors (Lipinski definition) is 0. The molecule has 0 aliphatic heterocycles. The largest absolute Gasteiger partial charge is 0.243 e. The minimum absolute atomic E-state index is 1.17. The molecule has 0 spiro atoms. The fourth-order valence-electron chi connectivity index (χ4n) is 3.00. The Balaban J connectivity index is 1.77. The van der Waals surface area contributed by atoms with E-state index in [-0.39, 0.29) is 0 Å². The van der Waals surface area contributed by atoms with Gasteiger partial charge in [-0.05, 0) is 38.5 Å². The zero-order valence-corrected chi connectivity index (χ0v) is 15.7. The van der Waals surface area contributed by atoms with E-state index in [0.717, 1.165) is 0 Å². The summed E-state index contributed by atoms with van der Waals surface area (Å²) >= 11 is 0. The summed E-state index contributed by atoms with van der Waals surface area (Å²) < 4.78 is 4.39. The zero-order valence-electron chi connectivity index (χ0n) is 15.7. The number of nitrogens with zero attached hydrogens (tertiary/aromatic N) is 2. The van der Waals surface area contributed by atoms with Crippen LogP contribution in [-0.2, 0) is 13.6 Å². The molecule has 1 aromatic heterocycles. The molecular formula is C21H39N2+. The minimum Gasteiger partial charge on any atom is -0.240 e. The van der Waals surface area contributed by atoms with Gasteiger partial charge >= 0.3 is 0 Å². The van der Waals surface area contributed by atoms with Crippen LogP contribution in [0.4, 0.5) is 0 Å². The third-order valence-corrected chi connectivity index (χ3v) is 4.50. The van der Waals surface area contributed by atoms with Crippen molar-refractivity contribution in [3.63, 3.8) is 0 Å². The molecule has 0 saturated carbocycles. The second kappa shape index (κ2) is 14.5. The Morgan fingerprint density at radius 1 is 0.783 bits per heavy atom. The molecule has 0 amide bonds. The van der Waals surface area contributed by atoms with Crippen LogP contribution >= 0.6 is 0 Å². The highest BCUT2D eigenvalue weighted by Gasteiger charge is 1.99. The van der Waals surface area contributed by atoms with Gasteiger partial charge in [0.2, 0.25) is 6.33 Å². The molecule has 23 heavy (non-hydrogen) atoms. The third-order valence-electron chi connectivity index (χ3n) is 4.50. The number of imidazole rings is 1. The Morgan fingerprint density at radius 3 is 1.91 bits per heavy atom. The van der Waals surface area contributed by atoms with Gasteiger partial charge in [-0.1, -0.05) is 64.0 Å². The lowest BCUT2D eigenvalue weighted by Crippen LogP contribution is -2.23. The number of unbranched alkanes of at least 4 members (excludes halogenated alkanes) is 11. The van der Waals surface area contributed by atoms with E-state index >= 15 is 0 Å². The molecule has 0 aromatic carbocycles. The van der Waals surface area contributed by atoms with Crippen LogP contribution in [0, 0.1) is 0 Å². The summed E-state index contributed by atoms with van der Waals surface area (Å²) in [6.45, 7) is 3.45. The van der Waals surface area contributed by atoms with E-state index in [0.29, 0.717) is 0 Å². The zero-order chi connectivity index (χ0) is 16.6. The predicted octanol–water partition coefficient (Wildman–Crippen LogP) is 5.96. The van der Waals surface area contributed by atoms with Crippen molar-refractivity contribution in [2.24, 2.45) is 7.05 Å². The first-order valence-corrected chi connectivity index (χ1v) is 9.99. The first kappa shape index (κ1) is 20.0. The molecule has 2 heteroatoms. The standard InChI is InChI=1S/C21H39N2/c1-3-4-5-6-7-8-9-10-11-12-13-14-15-16-17-18-23-20-19-22(2)21-23/h9-10,19-21H,3-8,11-18H2,1-2H3/q+1. The molecule has 0 N–H and O–H groups in total. The molecule has 0 saturated heterocycles. The van der Waals surface area contributed by atoms with Gasteiger partial charge in [0.15, 0.2) is 0 Å². The summed E-state index contributed by atoms with van der Waals surface area (Å²) in [6.07, 6.45) is 29.1.